The molecule has 7 heteroatoms. The lowest BCUT2D eigenvalue weighted by Crippen LogP contribution is -2.57. The highest BCUT2D eigenvalue weighted by molar-refractivity contribution is 5.99. The van der Waals surface area contributed by atoms with Crippen molar-refractivity contribution in [1.82, 2.24) is 9.80 Å². The Morgan fingerprint density at radius 2 is 1.59 bits per heavy atom. The topological polar surface area (TPSA) is 73.0 Å². The van der Waals surface area contributed by atoms with E-state index in [4.69, 9.17) is 0 Å². The van der Waals surface area contributed by atoms with Crippen molar-refractivity contribution < 1.29 is 14.4 Å². The molecule has 3 amide bonds. The first-order chi connectivity index (χ1) is 18.9. The molecule has 0 saturated carbocycles. The SMILES string of the molecule is CCC(C(=O)N1CCC2(CC1)C(=O)N(CC(=O)Nc1cccc(C)c1)CN2c1ccccc1)c1ccccc1. The van der Waals surface area contributed by atoms with Gasteiger partial charge in [-0.3, -0.25) is 14.4 Å². The van der Waals surface area contributed by atoms with E-state index in [-0.39, 0.29) is 30.2 Å². The quantitative estimate of drug-likeness (QED) is 0.482. The molecular formula is C32H36N4O3. The number of para-hydroxylation sites is 1. The van der Waals surface area contributed by atoms with Crippen LogP contribution in [0, 0.1) is 6.92 Å². The fourth-order valence-electron chi connectivity index (χ4n) is 5.97. The summed E-state index contributed by atoms with van der Waals surface area (Å²) in [6.07, 6.45) is 1.77. The number of rotatable bonds is 7. The summed E-state index contributed by atoms with van der Waals surface area (Å²) in [6.45, 7) is 5.33. The number of amides is 3. The number of nitrogens with zero attached hydrogens (tertiary/aromatic N) is 3. The molecule has 39 heavy (non-hydrogen) atoms. The standard InChI is InChI=1S/C32H36N4O3/c1-3-28(25-12-6-4-7-13-25)30(38)34-19-17-32(18-20-34)31(39)35(23-36(32)27-15-8-5-9-16-27)22-29(37)33-26-14-10-11-24(2)21-26/h4-16,21,28H,3,17-20,22-23H2,1-2H3,(H,33,37). The smallest absolute Gasteiger partial charge is 0.250 e. The number of nitrogens with one attached hydrogen (secondary N) is 1. The van der Waals surface area contributed by atoms with E-state index in [0.29, 0.717) is 32.6 Å². The second kappa shape index (κ2) is 11.3. The van der Waals surface area contributed by atoms with Crippen LogP contribution in [-0.2, 0) is 14.4 Å². The van der Waals surface area contributed by atoms with Crippen LogP contribution in [-0.4, -0.2) is 59.4 Å². The Bertz CT molecular complexity index is 1320. The zero-order valence-electron chi connectivity index (χ0n) is 22.7. The fourth-order valence-corrected chi connectivity index (χ4v) is 5.97. The second-order valence-corrected chi connectivity index (χ2v) is 10.6. The molecule has 2 saturated heterocycles. The summed E-state index contributed by atoms with van der Waals surface area (Å²) in [4.78, 5) is 46.2. The van der Waals surface area contributed by atoms with Crippen molar-refractivity contribution in [3.63, 3.8) is 0 Å². The molecule has 2 heterocycles. The van der Waals surface area contributed by atoms with E-state index in [1.54, 1.807) is 4.90 Å². The lowest BCUT2D eigenvalue weighted by Gasteiger charge is -2.44. The summed E-state index contributed by atoms with van der Waals surface area (Å²) in [6, 6.07) is 27.4. The van der Waals surface area contributed by atoms with E-state index in [2.05, 4.69) is 10.2 Å². The normalized spacial score (nSPS) is 17.4. The molecule has 0 aliphatic carbocycles. The van der Waals surface area contributed by atoms with Crippen molar-refractivity contribution in [2.45, 2.75) is 44.6 Å². The number of likely N-dealkylation sites (tertiary alicyclic amines) is 1. The van der Waals surface area contributed by atoms with Gasteiger partial charge in [-0.05, 0) is 61.6 Å². The van der Waals surface area contributed by atoms with Crippen LogP contribution in [0.2, 0.25) is 0 Å². The summed E-state index contributed by atoms with van der Waals surface area (Å²) in [5.41, 5.74) is 2.97. The number of benzene rings is 3. The van der Waals surface area contributed by atoms with Gasteiger partial charge in [-0.1, -0.05) is 67.6 Å². The van der Waals surface area contributed by atoms with Crippen molar-refractivity contribution in [2.24, 2.45) is 0 Å². The zero-order valence-corrected chi connectivity index (χ0v) is 22.7. The molecule has 1 atom stereocenters. The van der Waals surface area contributed by atoms with Crippen molar-refractivity contribution >= 4 is 29.1 Å². The third-order valence-electron chi connectivity index (χ3n) is 8.03. The molecule has 0 aromatic heterocycles. The van der Waals surface area contributed by atoms with E-state index >= 15 is 0 Å². The van der Waals surface area contributed by atoms with Crippen LogP contribution in [0.25, 0.3) is 0 Å². The summed E-state index contributed by atoms with van der Waals surface area (Å²) >= 11 is 0. The zero-order chi connectivity index (χ0) is 27.4. The molecule has 2 fully saturated rings. The molecular weight excluding hydrogens is 488 g/mol. The largest absolute Gasteiger partial charge is 0.342 e. The molecule has 202 valence electrons. The Morgan fingerprint density at radius 3 is 2.23 bits per heavy atom. The van der Waals surface area contributed by atoms with Crippen molar-refractivity contribution in [3.05, 3.63) is 96.1 Å². The Balaban J connectivity index is 1.33. The van der Waals surface area contributed by atoms with Crippen LogP contribution in [0.1, 0.15) is 43.2 Å². The molecule has 1 N–H and O–H groups in total. The molecule has 1 spiro atoms. The van der Waals surface area contributed by atoms with Crippen LogP contribution < -0.4 is 10.2 Å². The third-order valence-corrected chi connectivity index (χ3v) is 8.03. The minimum atomic E-state index is -0.782. The van der Waals surface area contributed by atoms with Crippen LogP contribution >= 0.6 is 0 Å². The van der Waals surface area contributed by atoms with Gasteiger partial charge in [0.2, 0.25) is 11.8 Å². The van der Waals surface area contributed by atoms with Gasteiger partial charge in [0.15, 0.2) is 0 Å². The highest BCUT2D eigenvalue weighted by Gasteiger charge is 2.54. The number of hydrogen-bond acceptors (Lipinski definition) is 4. The monoisotopic (exact) mass is 524 g/mol. The van der Waals surface area contributed by atoms with Gasteiger partial charge < -0.3 is 20.0 Å². The molecule has 0 radical (unpaired) electrons. The predicted octanol–water partition coefficient (Wildman–Crippen LogP) is 4.79. The van der Waals surface area contributed by atoms with Gasteiger partial charge in [0, 0.05) is 24.5 Å². The average Bonchev–Trinajstić information content (AvgIpc) is 3.21. The first-order valence-electron chi connectivity index (χ1n) is 13.7. The molecule has 3 aromatic rings. The van der Waals surface area contributed by atoms with E-state index in [1.165, 1.54) is 0 Å². The molecule has 7 nitrogen and oxygen atoms in total. The van der Waals surface area contributed by atoms with E-state index in [0.717, 1.165) is 28.9 Å². The number of piperidine rings is 1. The second-order valence-electron chi connectivity index (χ2n) is 10.6. The Kier molecular flexibility index (Phi) is 7.68. The number of carbonyl (C=O) groups excluding carboxylic acids is 3. The highest BCUT2D eigenvalue weighted by atomic mass is 16.2. The van der Waals surface area contributed by atoms with Crippen LogP contribution in [0.4, 0.5) is 11.4 Å². The maximum Gasteiger partial charge on any atom is 0.250 e. The number of anilines is 2. The number of carbonyl (C=O) groups is 3. The van der Waals surface area contributed by atoms with Crippen LogP contribution in [0.5, 0.6) is 0 Å². The predicted molar refractivity (Wildman–Crippen MR) is 153 cm³/mol. The summed E-state index contributed by atoms with van der Waals surface area (Å²) in [5.74, 6) is -0.343. The van der Waals surface area contributed by atoms with Gasteiger partial charge in [0.05, 0.1) is 12.6 Å². The minimum Gasteiger partial charge on any atom is -0.342 e. The lowest BCUT2D eigenvalue weighted by atomic mass is 9.84. The summed E-state index contributed by atoms with van der Waals surface area (Å²) in [5, 5.41) is 2.93. The van der Waals surface area contributed by atoms with Crippen molar-refractivity contribution in [3.8, 4) is 0 Å². The van der Waals surface area contributed by atoms with E-state index in [1.807, 2.05) is 104 Å². The van der Waals surface area contributed by atoms with E-state index in [9.17, 15) is 14.4 Å². The summed E-state index contributed by atoms with van der Waals surface area (Å²) in [7, 11) is 0. The van der Waals surface area contributed by atoms with Gasteiger partial charge in [-0.25, -0.2) is 0 Å². The van der Waals surface area contributed by atoms with Crippen LogP contribution in [0.15, 0.2) is 84.9 Å². The minimum absolute atomic E-state index is 0.0214. The van der Waals surface area contributed by atoms with E-state index < -0.39 is 5.54 Å². The van der Waals surface area contributed by atoms with Gasteiger partial charge in [-0.15, -0.1) is 0 Å². The van der Waals surface area contributed by atoms with Gasteiger partial charge in [-0.2, -0.15) is 0 Å². The molecule has 3 aromatic carbocycles. The lowest BCUT2D eigenvalue weighted by molar-refractivity contribution is -0.140. The first-order valence-corrected chi connectivity index (χ1v) is 13.7. The first kappa shape index (κ1) is 26.5. The number of aryl methyl sites for hydroxylation is 1. The van der Waals surface area contributed by atoms with Crippen molar-refractivity contribution in [1.29, 1.82) is 0 Å². The fraction of sp³-hybridized carbons (Fsp3) is 0.344. The molecule has 0 bridgehead atoms. The molecule has 5 rings (SSSR count). The van der Waals surface area contributed by atoms with Crippen molar-refractivity contribution in [2.75, 3.05) is 36.5 Å². The third kappa shape index (κ3) is 5.39. The summed E-state index contributed by atoms with van der Waals surface area (Å²) < 4.78 is 0. The maximum atomic E-state index is 14.0. The van der Waals surface area contributed by atoms with Gasteiger partial charge in [0.25, 0.3) is 5.91 Å². The Hall–Kier alpha value is -4.13. The average molecular weight is 525 g/mol. The Morgan fingerprint density at radius 1 is 0.923 bits per heavy atom. The highest BCUT2D eigenvalue weighted by Crippen LogP contribution is 2.40. The maximum absolute atomic E-state index is 14.0. The van der Waals surface area contributed by atoms with Crippen LogP contribution in [0.3, 0.4) is 0 Å². The van der Waals surface area contributed by atoms with Gasteiger partial charge >= 0.3 is 0 Å². The Labute approximate surface area is 230 Å². The molecule has 2 aliphatic heterocycles. The van der Waals surface area contributed by atoms with Gasteiger partial charge in [0.1, 0.15) is 12.1 Å². The number of hydrogen-bond donors (Lipinski definition) is 1. The molecule has 2 aliphatic rings. The molecule has 1 unspecified atom stereocenters.